The maximum Gasteiger partial charge on any atom is 0.227 e. The molecule has 1 aliphatic heterocycles. The maximum absolute atomic E-state index is 12.8. The summed E-state index contributed by atoms with van der Waals surface area (Å²) in [6, 6.07) is 7.24. The molecule has 1 fully saturated rings. The third kappa shape index (κ3) is 3.66. The monoisotopic (exact) mass is 375 g/mol. The van der Waals surface area contributed by atoms with E-state index in [-0.39, 0.29) is 15.6 Å². The van der Waals surface area contributed by atoms with E-state index >= 15 is 0 Å². The van der Waals surface area contributed by atoms with Crippen LogP contribution < -0.4 is 10.6 Å². The van der Waals surface area contributed by atoms with E-state index in [1.165, 1.54) is 6.20 Å². The molecule has 1 aromatic carbocycles. The fourth-order valence-corrected chi connectivity index (χ4v) is 4.45. The summed E-state index contributed by atoms with van der Waals surface area (Å²) in [7, 11) is -3.74. The van der Waals surface area contributed by atoms with Gasteiger partial charge in [0.1, 0.15) is 10.7 Å². The van der Waals surface area contributed by atoms with Gasteiger partial charge in [-0.1, -0.05) is 12.1 Å². The minimum absolute atomic E-state index is 0.0113. The van der Waals surface area contributed by atoms with Crippen LogP contribution in [0.4, 0.5) is 11.8 Å². The van der Waals surface area contributed by atoms with Gasteiger partial charge in [0.05, 0.1) is 11.1 Å². The van der Waals surface area contributed by atoms with Gasteiger partial charge in [0, 0.05) is 32.2 Å². The topological polar surface area (TPSA) is 92.4 Å². The van der Waals surface area contributed by atoms with Gasteiger partial charge in [0.15, 0.2) is 0 Å². The van der Waals surface area contributed by atoms with E-state index in [0.717, 1.165) is 31.7 Å². The van der Waals surface area contributed by atoms with Gasteiger partial charge in [-0.3, -0.25) is 4.90 Å². The molecule has 0 spiro atoms. The zero-order chi connectivity index (χ0) is 18.9. The van der Waals surface area contributed by atoms with Crippen molar-refractivity contribution in [1.29, 1.82) is 0 Å². The molecule has 0 saturated carbocycles. The van der Waals surface area contributed by atoms with Crippen LogP contribution in [0.5, 0.6) is 0 Å². The fourth-order valence-electron chi connectivity index (χ4n) is 3.08. The predicted octanol–water partition coefficient (Wildman–Crippen LogP) is 1.73. The molecule has 2 aromatic rings. The number of nitrogens with two attached hydrogens (primary N) is 1. The van der Waals surface area contributed by atoms with Gasteiger partial charge >= 0.3 is 0 Å². The molecule has 2 heterocycles. The van der Waals surface area contributed by atoms with Crippen molar-refractivity contribution in [3.05, 3.63) is 36.0 Å². The Kier molecular flexibility index (Phi) is 5.15. The summed E-state index contributed by atoms with van der Waals surface area (Å²) in [6.45, 7) is 9.63. The highest BCUT2D eigenvalue weighted by atomic mass is 32.2. The fraction of sp³-hybridized carbons (Fsp3) is 0.444. The van der Waals surface area contributed by atoms with Crippen molar-refractivity contribution in [2.75, 3.05) is 36.8 Å². The predicted molar refractivity (Wildman–Crippen MR) is 102 cm³/mol. The molecule has 2 N–H and O–H groups in total. The molecule has 0 atom stereocenters. The lowest BCUT2D eigenvalue weighted by Crippen LogP contribution is -2.49. The molecular formula is C18H25N5O2S. The molecule has 140 valence electrons. The van der Waals surface area contributed by atoms with Gasteiger partial charge in [-0.05, 0) is 38.5 Å². The van der Waals surface area contributed by atoms with Gasteiger partial charge in [-0.2, -0.15) is 4.98 Å². The standard InChI is InChI=1S/C18H25N5O2S/c1-13(2)22-7-9-23(10-8-22)18-20-12-16(17(19)21-18)26(24,25)15-6-4-5-14(3)11-15/h4-6,11-13H,7-10H2,1-3H3,(H2,19,20,21). The average Bonchev–Trinajstić information content (AvgIpc) is 2.61. The van der Waals surface area contributed by atoms with Gasteiger partial charge in [-0.15, -0.1) is 0 Å². The van der Waals surface area contributed by atoms with Crippen molar-refractivity contribution in [2.24, 2.45) is 0 Å². The van der Waals surface area contributed by atoms with Gasteiger partial charge in [0.25, 0.3) is 0 Å². The lowest BCUT2D eigenvalue weighted by molar-refractivity contribution is 0.208. The third-order valence-electron chi connectivity index (χ3n) is 4.69. The van der Waals surface area contributed by atoms with Crippen LogP contribution in [0, 0.1) is 6.92 Å². The van der Waals surface area contributed by atoms with Crippen LogP contribution >= 0.6 is 0 Å². The summed E-state index contributed by atoms with van der Waals surface area (Å²) in [5.74, 6) is 0.469. The molecule has 0 aliphatic carbocycles. The molecule has 1 aliphatic rings. The van der Waals surface area contributed by atoms with Gasteiger partial charge < -0.3 is 10.6 Å². The van der Waals surface area contributed by atoms with E-state index in [4.69, 9.17) is 5.73 Å². The zero-order valence-corrected chi connectivity index (χ0v) is 16.2. The van der Waals surface area contributed by atoms with E-state index in [1.807, 2.05) is 17.9 Å². The molecular weight excluding hydrogens is 350 g/mol. The molecule has 0 radical (unpaired) electrons. The van der Waals surface area contributed by atoms with Gasteiger partial charge in [0.2, 0.25) is 15.8 Å². The summed E-state index contributed by atoms with van der Waals surface area (Å²) in [5, 5.41) is 0. The Balaban J connectivity index is 1.84. The van der Waals surface area contributed by atoms with E-state index in [1.54, 1.807) is 18.2 Å². The third-order valence-corrected chi connectivity index (χ3v) is 6.46. The molecule has 0 amide bonds. The zero-order valence-electron chi connectivity index (χ0n) is 15.4. The normalized spacial score (nSPS) is 16.2. The van der Waals surface area contributed by atoms with Crippen molar-refractivity contribution in [3.63, 3.8) is 0 Å². The molecule has 3 rings (SSSR count). The highest BCUT2D eigenvalue weighted by molar-refractivity contribution is 7.91. The van der Waals surface area contributed by atoms with Crippen LogP contribution in [-0.4, -0.2) is 55.5 Å². The highest BCUT2D eigenvalue weighted by Gasteiger charge is 2.25. The first kappa shape index (κ1) is 18.6. The molecule has 1 saturated heterocycles. The number of aromatic nitrogens is 2. The van der Waals surface area contributed by atoms with Crippen molar-refractivity contribution < 1.29 is 8.42 Å². The summed E-state index contributed by atoms with van der Waals surface area (Å²) < 4.78 is 25.7. The average molecular weight is 375 g/mol. The van der Waals surface area contributed by atoms with E-state index in [0.29, 0.717) is 12.0 Å². The number of hydrogen-bond acceptors (Lipinski definition) is 7. The SMILES string of the molecule is Cc1cccc(S(=O)(=O)c2cnc(N3CCN(C(C)C)CC3)nc2N)c1. The smallest absolute Gasteiger partial charge is 0.227 e. The van der Waals surface area contributed by atoms with Crippen LogP contribution in [0.1, 0.15) is 19.4 Å². The quantitative estimate of drug-likeness (QED) is 0.870. The Morgan fingerprint density at radius 3 is 2.42 bits per heavy atom. The molecule has 0 unspecified atom stereocenters. The number of benzene rings is 1. The van der Waals surface area contributed by atoms with Crippen LogP contribution in [0.25, 0.3) is 0 Å². The molecule has 1 aromatic heterocycles. The van der Waals surface area contributed by atoms with Crippen molar-refractivity contribution in [3.8, 4) is 0 Å². The Bertz CT molecular complexity index is 890. The molecule has 0 bridgehead atoms. The lowest BCUT2D eigenvalue weighted by Gasteiger charge is -2.36. The first-order valence-corrected chi connectivity index (χ1v) is 10.2. The van der Waals surface area contributed by atoms with Crippen molar-refractivity contribution in [2.45, 2.75) is 36.6 Å². The van der Waals surface area contributed by atoms with Crippen molar-refractivity contribution >= 4 is 21.6 Å². The largest absolute Gasteiger partial charge is 0.382 e. The first-order valence-electron chi connectivity index (χ1n) is 8.72. The number of nitrogens with zero attached hydrogens (tertiary/aromatic N) is 4. The Morgan fingerprint density at radius 2 is 1.85 bits per heavy atom. The van der Waals surface area contributed by atoms with E-state index in [2.05, 4.69) is 28.7 Å². The number of sulfone groups is 1. The lowest BCUT2D eigenvalue weighted by atomic mass is 10.2. The van der Waals surface area contributed by atoms with E-state index < -0.39 is 9.84 Å². The summed E-state index contributed by atoms with van der Waals surface area (Å²) >= 11 is 0. The van der Waals surface area contributed by atoms with Crippen LogP contribution in [0.3, 0.4) is 0 Å². The Labute approximate surface area is 154 Å². The highest BCUT2D eigenvalue weighted by Crippen LogP contribution is 2.26. The summed E-state index contributed by atoms with van der Waals surface area (Å²) in [5.41, 5.74) is 6.86. The molecule has 26 heavy (non-hydrogen) atoms. The molecule has 8 heteroatoms. The van der Waals surface area contributed by atoms with Gasteiger partial charge in [-0.25, -0.2) is 13.4 Å². The molecule has 7 nitrogen and oxygen atoms in total. The number of nitrogen functional groups attached to an aromatic ring is 1. The number of hydrogen-bond donors (Lipinski definition) is 1. The van der Waals surface area contributed by atoms with Crippen molar-refractivity contribution in [1.82, 2.24) is 14.9 Å². The minimum Gasteiger partial charge on any atom is -0.382 e. The number of rotatable bonds is 4. The second-order valence-corrected chi connectivity index (χ2v) is 8.77. The summed E-state index contributed by atoms with van der Waals surface area (Å²) in [4.78, 5) is 13.1. The second kappa shape index (κ2) is 7.20. The number of aryl methyl sites for hydroxylation is 1. The minimum atomic E-state index is -3.74. The summed E-state index contributed by atoms with van der Waals surface area (Å²) in [6.07, 6.45) is 1.32. The maximum atomic E-state index is 12.8. The van der Waals surface area contributed by atoms with Crippen LogP contribution in [0.15, 0.2) is 40.3 Å². The second-order valence-electron chi connectivity index (χ2n) is 6.86. The first-order chi connectivity index (χ1) is 12.3. The number of anilines is 2. The Morgan fingerprint density at radius 1 is 1.15 bits per heavy atom. The Hall–Kier alpha value is -2.19. The van der Waals surface area contributed by atoms with Crippen LogP contribution in [-0.2, 0) is 9.84 Å². The van der Waals surface area contributed by atoms with E-state index in [9.17, 15) is 8.42 Å². The van der Waals surface area contributed by atoms with Crippen LogP contribution in [0.2, 0.25) is 0 Å². The number of piperazine rings is 1.